The van der Waals surface area contributed by atoms with Gasteiger partial charge in [0.1, 0.15) is 0 Å². The molecular formula is C21H23F3N2O. The van der Waals surface area contributed by atoms with E-state index in [-0.39, 0.29) is 5.91 Å². The van der Waals surface area contributed by atoms with E-state index in [0.29, 0.717) is 50.3 Å². The third-order valence-corrected chi connectivity index (χ3v) is 5.01. The largest absolute Gasteiger partial charge is 0.416 e. The molecule has 27 heavy (non-hydrogen) atoms. The van der Waals surface area contributed by atoms with Gasteiger partial charge in [0, 0.05) is 38.8 Å². The summed E-state index contributed by atoms with van der Waals surface area (Å²) < 4.78 is 40.9. The summed E-state index contributed by atoms with van der Waals surface area (Å²) in [6.45, 7) is 3.66. The fourth-order valence-corrected chi connectivity index (χ4v) is 3.45. The van der Waals surface area contributed by atoms with Crippen molar-refractivity contribution in [2.45, 2.75) is 25.9 Å². The van der Waals surface area contributed by atoms with Crippen LogP contribution in [0.4, 0.5) is 18.9 Å². The van der Waals surface area contributed by atoms with Crippen LogP contribution in [0.15, 0.2) is 48.5 Å². The Morgan fingerprint density at radius 1 is 0.963 bits per heavy atom. The lowest BCUT2D eigenvalue weighted by Gasteiger charge is -2.36. The van der Waals surface area contributed by atoms with Crippen LogP contribution in [0.25, 0.3) is 0 Å². The molecule has 1 amide bonds. The summed E-state index contributed by atoms with van der Waals surface area (Å²) in [4.78, 5) is 15.0. The molecule has 1 aliphatic heterocycles. The Morgan fingerprint density at radius 3 is 2.22 bits per heavy atom. The smallest absolute Gasteiger partial charge is 0.368 e. The first-order chi connectivity index (χ1) is 12.8. The van der Waals surface area contributed by atoms with Gasteiger partial charge in [-0.3, -0.25) is 4.79 Å². The van der Waals surface area contributed by atoms with E-state index >= 15 is 0 Å². The van der Waals surface area contributed by atoms with Crippen LogP contribution in [-0.2, 0) is 23.8 Å². The molecule has 0 aromatic heterocycles. The lowest BCUT2D eigenvalue weighted by atomic mass is 9.98. The Balaban J connectivity index is 1.77. The molecule has 1 fully saturated rings. The highest BCUT2D eigenvalue weighted by Gasteiger charge is 2.34. The second-order valence-corrected chi connectivity index (χ2v) is 6.82. The van der Waals surface area contributed by atoms with Crippen molar-refractivity contribution in [1.82, 2.24) is 4.90 Å². The number of alkyl halides is 3. The average molecular weight is 376 g/mol. The van der Waals surface area contributed by atoms with Crippen molar-refractivity contribution in [3.8, 4) is 0 Å². The predicted molar refractivity (Wildman–Crippen MR) is 99.8 cm³/mol. The first-order valence-electron chi connectivity index (χ1n) is 9.09. The first kappa shape index (κ1) is 19.3. The minimum Gasteiger partial charge on any atom is -0.368 e. The number of carbonyl (C=O) groups excluding carboxylic acids is 1. The Kier molecular flexibility index (Phi) is 5.73. The Hall–Kier alpha value is -2.50. The molecule has 0 saturated carbocycles. The highest BCUT2D eigenvalue weighted by atomic mass is 19.4. The monoisotopic (exact) mass is 376 g/mol. The number of nitrogens with zero attached hydrogens (tertiary/aromatic N) is 2. The number of rotatable bonds is 4. The maximum atomic E-state index is 13.6. The summed E-state index contributed by atoms with van der Waals surface area (Å²) in [5.41, 5.74) is 1.34. The molecule has 0 atom stereocenters. The molecule has 144 valence electrons. The molecule has 0 bridgehead atoms. The standard InChI is InChI=1S/C21H23F3N2O/c1-16(27)25-11-13-26(14-12-25)19-10-9-18(20(15-19)21(22,23)24)8-7-17-5-3-2-4-6-17/h2-6,9-10,15H,7-8,11-14H2,1H3. The predicted octanol–water partition coefficient (Wildman–Crippen LogP) is 4.16. The van der Waals surface area contributed by atoms with Crippen molar-refractivity contribution in [3.05, 3.63) is 65.2 Å². The molecule has 1 saturated heterocycles. The van der Waals surface area contributed by atoms with Gasteiger partial charge in [0.2, 0.25) is 5.91 Å². The summed E-state index contributed by atoms with van der Waals surface area (Å²) in [7, 11) is 0. The molecule has 0 spiro atoms. The van der Waals surface area contributed by atoms with Gasteiger partial charge in [-0.1, -0.05) is 36.4 Å². The molecule has 0 unspecified atom stereocenters. The van der Waals surface area contributed by atoms with Gasteiger partial charge in [-0.15, -0.1) is 0 Å². The molecule has 1 aliphatic rings. The summed E-state index contributed by atoms with van der Waals surface area (Å²) in [5.74, 6) is 0.00175. The van der Waals surface area contributed by atoms with Crippen LogP contribution >= 0.6 is 0 Å². The van der Waals surface area contributed by atoms with Crippen molar-refractivity contribution in [2.24, 2.45) is 0 Å². The van der Waals surface area contributed by atoms with E-state index in [9.17, 15) is 18.0 Å². The van der Waals surface area contributed by atoms with Gasteiger partial charge >= 0.3 is 6.18 Å². The number of hydrogen-bond donors (Lipinski definition) is 0. The van der Waals surface area contributed by atoms with Crippen LogP contribution in [0.2, 0.25) is 0 Å². The van der Waals surface area contributed by atoms with Gasteiger partial charge in [0.05, 0.1) is 5.56 Å². The second kappa shape index (κ2) is 8.03. The van der Waals surface area contributed by atoms with Crippen molar-refractivity contribution >= 4 is 11.6 Å². The minimum atomic E-state index is -4.39. The molecule has 0 N–H and O–H groups in total. The van der Waals surface area contributed by atoms with E-state index in [0.717, 1.165) is 5.56 Å². The molecule has 2 aromatic rings. The number of carbonyl (C=O) groups is 1. The van der Waals surface area contributed by atoms with Gasteiger partial charge < -0.3 is 9.80 Å². The molecule has 3 nitrogen and oxygen atoms in total. The molecular weight excluding hydrogens is 353 g/mol. The SMILES string of the molecule is CC(=O)N1CCN(c2ccc(CCc3ccccc3)c(C(F)(F)F)c2)CC1. The highest BCUT2D eigenvalue weighted by molar-refractivity contribution is 5.73. The van der Waals surface area contributed by atoms with Gasteiger partial charge in [-0.25, -0.2) is 0 Å². The highest BCUT2D eigenvalue weighted by Crippen LogP contribution is 2.35. The normalized spacial score (nSPS) is 15.1. The zero-order chi connectivity index (χ0) is 19.4. The third kappa shape index (κ3) is 4.81. The first-order valence-corrected chi connectivity index (χ1v) is 9.09. The topological polar surface area (TPSA) is 23.6 Å². The quantitative estimate of drug-likeness (QED) is 0.800. The molecule has 3 rings (SSSR count). The average Bonchev–Trinajstić information content (AvgIpc) is 2.66. The van der Waals surface area contributed by atoms with Gasteiger partial charge in [-0.2, -0.15) is 13.2 Å². The third-order valence-electron chi connectivity index (χ3n) is 5.01. The van der Waals surface area contributed by atoms with Crippen molar-refractivity contribution < 1.29 is 18.0 Å². The maximum absolute atomic E-state index is 13.6. The summed E-state index contributed by atoms with van der Waals surface area (Å²) >= 11 is 0. The summed E-state index contributed by atoms with van der Waals surface area (Å²) in [6, 6.07) is 14.1. The molecule has 6 heteroatoms. The van der Waals surface area contributed by atoms with E-state index < -0.39 is 11.7 Å². The van der Waals surface area contributed by atoms with E-state index in [2.05, 4.69) is 0 Å². The lowest BCUT2D eigenvalue weighted by Crippen LogP contribution is -2.48. The van der Waals surface area contributed by atoms with Crippen LogP contribution in [0.5, 0.6) is 0 Å². The fraction of sp³-hybridized carbons (Fsp3) is 0.381. The zero-order valence-electron chi connectivity index (χ0n) is 15.3. The minimum absolute atomic E-state index is 0.00175. The van der Waals surface area contributed by atoms with Crippen LogP contribution in [0.3, 0.4) is 0 Å². The van der Waals surface area contributed by atoms with Crippen molar-refractivity contribution in [2.75, 3.05) is 31.1 Å². The van der Waals surface area contributed by atoms with Crippen LogP contribution in [-0.4, -0.2) is 37.0 Å². The number of benzene rings is 2. The van der Waals surface area contributed by atoms with Crippen molar-refractivity contribution in [1.29, 1.82) is 0 Å². The summed E-state index contributed by atoms with van der Waals surface area (Å²) in [6.07, 6.45) is -3.47. The number of halogens is 3. The van der Waals surface area contributed by atoms with E-state index in [1.807, 2.05) is 35.2 Å². The number of hydrogen-bond acceptors (Lipinski definition) is 2. The molecule has 1 heterocycles. The second-order valence-electron chi connectivity index (χ2n) is 6.82. The van der Waals surface area contributed by atoms with E-state index in [4.69, 9.17) is 0 Å². The fourth-order valence-electron chi connectivity index (χ4n) is 3.45. The Morgan fingerprint density at radius 2 is 1.63 bits per heavy atom. The number of anilines is 1. The van der Waals surface area contributed by atoms with Crippen LogP contribution < -0.4 is 4.90 Å². The Bertz CT molecular complexity index is 782. The maximum Gasteiger partial charge on any atom is 0.416 e. The van der Waals surface area contributed by atoms with Gasteiger partial charge in [0.15, 0.2) is 0 Å². The van der Waals surface area contributed by atoms with Gasteiger partial charge in [-0.05, 0) is 36.1 Å². The van der Waals surface area contributed by atoms with Crippen molar-refractivity contribution in [3.63, 3.8) is 0 Å². The zero-order valence-corrected chi connectivity index (χ0v) is 15.3. The number of aryl methyl sites for hydroxylation is 2. The number of amides is 1. The Labute approximate surface area is 157 Å². The summed E-state index contributed by atoms with van der Waals surface area (Å²) in [5, 5.41) is 0. The molecule has 0 radical (unpaired) electrons. The number of piperazine rings is 1. The van der Waals surface area contributed by atoms with E-state index in [1.165, 1.54) is 13.0 Å². The lowest BCUT2D eigenvalue weighted by molar-refractivity contribution is -0.138. The molecule has 0 aliphatic carbocycles. The van der Waals surface area contributed by atoms with E-state index in [1.54, 1.807) is 17.0 Å². The van der Waals surface area contributed by atoms with Crippen LogP contribution in [0, 0.1) is 0 Å². The van der Waals surface area contributed by atoms with Gasteiger partial charge in [0.25, 0.3) is 0 Å². The van der Waals surface area contributed by atoms with Crippen LogP contribution in [0.1, 0.15) is 23.6 Å². The molecule has 2 aromatic carbocycles.